The van der Waals surface area contributed by atoms with Gasteiger partial charge >= 0.3 is 5.97 Å². The van der Waals surface area contributed by atoms with Gasteiger partial charge in [-0.15, -0.1) is 0 Å². The Labute approximate surface area is 107 Å². The molecule has 0 bridgehead atoms. The molecule has 0 aliphatic rings. The van der Waals surface area contributed by atoms with Crippen molar-refractivity contribution in [2.24, 2.45) is 0 Å². The molecule has 0 aliphatic carbocycles. The molecule has 1 rings (SSSR count). The van der Waals surface area contributed by atoms with E-state index in [1.165, 1.54) is 6.33 Å². The molecule has 3 N–H and O–H groups in total. The molecule has 1 unspecified atom stereocenters. The van der Waals surface area contributed by atoms with Gasteiger partial charge < -0.3 is 15.7 Å². The first-order valence-corrected chi connectivity index (χ1v) is 5.85. The van der Waals surface area contributed by atoms with E-state index in [2.05, 4.69) is 20.6 Å². The van der Waals surface area contributed by atoms with Crippen LogP contribution in [0.2, 0.25) is 0 Å². The number of hydrogen-bond donors (Lipinski definition) is 3. The van der Waals surface area contributed by atoms with E-state index in [9.17, 15) is 4.79 Å². The van der Waals surface area contributed by atoms with Gasteiger partial charge in [0.25, 0.3) is 0 Å². The number of nitrogens with zero attached hydrogens (tertiary/aromatic N) is 2. The van der Waals surface area contributed by atoms with Crippen molar-refractivity contribution < 1.29 is 9.90 Å². The Kier molecular flexibility index (Phi) is 4.47. The molecule has 0 aliphatic heterocycles. The Morgan fingerprint density at radius 3 is 2.56 bits per heavy atom. The molecule has 1 atom stereocenters. The Morgan fingerprint density at radius 2 is 2.00 bits per heavy atom. The van der Waals surface area contributed by atoms with Crippen LogP contribution in [0, 0.1) is 0 Å². The van der Waals surface area contributed by atoms with E-state index < -0.39 is 5.97 Å². The number of carboxylic acids is 1. The fourth-order valence-electron chi connectivity index (χ4n) is 1.45. The number of aromatic nitrogens is 2. The van der Waals surface area contributed by atoms with Gasteiger partial charge in [-0.25, -0.2) is 9.97 Å². The largest absolute Gasteiger partial charge is 0.481 e. The molecular weight excluding hydrogens is 232 g/mol. The zero-order valence-electron chi connectivity index (χ0n) is 11.2. The van der Waals surface area contributed by atoms with E-state index in [-0.39, 0.29) is 18.0 Å². The van der Waals surface area contributed by atoms with Crippen LogP contribution in [-0.4, -0.2) is 32.6 Å². The van der Waals surface area contributed by atoms with Crippen LogP contribution in [0.1, 0.15) is 34.1 Å². The van der Waals surface area contributed by atoms with Gasteiger partial charge in [0.2, 0.25) is 0 Å². The number of anilines is 2. The summed E-state index contributed by atoms with van der Waals surface area (Å²) in [6, 6.07) is 1.59. The third-order valence-electron chi connectivity index (χ3n) is 2.05. The highest BCUT2D eigenvalue weighted by molar-refractivity contribution is 5.68. The lowest BCUT2D eigenvalue weighted by atomic mass is 10.1. The monoisotopic (exact) mass is 252 g/mol. The van der Waals surface area contributed by atoms with E-state index in [4.69, 9.17) is 5.11 Å². The summed E-state index contributed by atoms with van der Waals surface area (Å²) in [6.45, 7) is 7.91. The molecule has 0 amide bonds. The quantitative estimate of drug-likeness (QED) is 0.742. The Morgan fingerprint density at radius 1 is 1.39 bits per heavy atom. The summed E-state index contributed by atoms with van der Waals surface area (Å²) in [5.41, 5.74) is -0.0850. The van der Waals surface area contributed by atoms with Crippen LogP contribution < -0.4 is 10.6 Å². The number of hydrogen-bond acceptors (Lipinski definition) is 5. The molecule has 18 heavy (non-hydrogen) atoms. The maximum Gasteiger partial charge on any atom is 0.305 e. The first-order chi connectivity index (χ1) is 8.26. The predicted molar refractivity (Wildman–Crippen MR) is 70.7 cm³/mol. The number of carbonyl (C=O) groups is 1. The molecule has 0 saturated heterocycles. The minimum absolute atomic E-state index is 0.0477. The van der Waals surface area contributed by atoms with Crippen molar-refractivity contribution in [3.05, 3.63) is 12.4 Å². The molecule has 0 spiro atoms. The number of aliphatic carboxylic acids is 1. The van der Waals surface area contributed by atoms with E-state index in [1.54, 1.807) is 13.0 Å². The summed E-state index contributed by atoms with van der Waals surface area (Å²) in [6.07, 6.45) is 1.50. The van der Waals surface area contributed by atoms with Crippen LogP contribution in [0.3, 0.4) is 0 Å². The average molecular weight is 252 g/mol. The van der Waals surface area contributed by atoms with Gasteiger partial charge in [-0.2, -0.15) is 0 Å². The number of rotatable bonds is 5. The summed E-state index contributed by atoms with van der Waals surface area (Å²) >= 11 is 0. The smallest absolute Gasteiger partial charge is 0.305 e. The lowest BCUT2D eigenvalue weighted by Gasteiger charge is -2.21. The van der Waals surface area contributed by atoms with Gasteiger partial charge in [-0.1, -0.05) is 0 Å². The second-order valence-corrected chi connectivity index (χ2v) is 5.31. The van der Waals surface area contributed by atoms with Crippen LogP contribution in [0.5, 0.6) is 0 Å². The second kappa shape index (κ2) is 5.66. The molecular formula is C12H20N4O2. The summed E-state index contributed by atoms with van der Waals surface area (Å²) in [4.78, 5) is 18.7. The first kappa shape index (κ1) is 14.2. The van der Waals surface area contributed by atoms with E-state index >= 15 is 0 Å². The van der Waals surface area contributed by atoms with E-state index in [0.29, 0.717) is 11.6 Å². The zero-order valence-corrected chi connectivity index (χ0v) is 11.2. The highest BCUT2D eigenvalue weighted by atomic mass is 16.4. The maximum absolute atomic E-state index is 10.6. The highest BCUT2D eigenvalue weighted by Gasteiger charge is 2.12. The Hall–Kier alpha value is -1.85. The fraction of sp³-hybridized carbons (Fsp3) is 0.583. The second-order valence-electron chi connectivity index (χ2n) is 5.31. The molecule has 1 aromatic rings. The van der Waals surface area contributed by atoms with Crippen LogP contribution in [0.25, 0.3) is 0 Å². The summed E-state index contributed by atoms with van der Waals surface area (Å²) in [5.74, 6) is 0.491. The normalized spacial score (nSPS) is 12.9. The molecule has 100 valence electrons. The van der Waals surface area contributed by atoms with Gasteiger partial charge in [0.05, 0.1) is 6.42 Å². The minimum Gasteiger partial charge on any atom is -0.481 e. The average Bonchev–Trinajstić information content (AvgIpc) is 2.13. The van der Waals surface area contributed by atoms with Crippen molar-refractivity contribution in [3.63, 3.8) is 0 Å². The SMILES string of the molecule is CC(CC(=O)O)Nc1cc(NC(C)(C)C)ncn1. The lowest BCUT2D eigenvalue weighted by molar-refractivity contribution is -0.137. The third kappa shape index (κ3) is 5.47. The van der Waals surface area contributed by atoms with Crippen molar-refractivity contribution in [2.75, 3.05) is 10.6 Å². The van der Waals surface area contributed by atoms with Gasteiger partial charge in [0.1, 0.15) is 18.0 Å². The standard InChI is InChI=1S/C12H20N4O2/c1-8(5-11(17)18)15-9-6-10(14-7-13-9)16-12(2,3)4/h6-8H,5H2,1-4H3,(H,17,18)(H2,13,14,15,16). The maximum atomic E-state index is 10.6. The van der Waals surface area contributed by atoms with Crippen molar-refractivity contribution in [3.8, 4) is 0 Å². The molecule has 0 aromatic carbocycles. The van der Waals surface area contributed by atoms with E-state index in [0.717, 1.165) is 0 Å². The first-order valence-electron chi connectivity index (χ1n) is 5.85. The predicted octanol–water partition coefficient (Wildman–Crippen LogP) is 1.96. The van der Waals surface area contributed by atoms with Gasteiger partial charge in [-0.3, -0.25) is 4.79 Å². The Bertz CT molecular complexity index is 415. The fourth-order valence-corrected chi connectivity index (χ4v) is 1.45. The van der Waals surface area contributed by atoms with Crippen LogP contribution in [0.4, 0.5) is 11.6 Å². The number of carboxylic acid groups (broad SMARTS) is 1. The topological polar surface area (TPSA) is 87.1 Å². The van der Waals surface area contributed by atoms with Gasteiger partial charge in [-0.05, 0) is 27.7 Å². The third-order valence-corrected chi connectivity index (χ3v) is 2.05. The summed E-state index contributed by atoms with van der Waals surface area (Å²) < 4.78 is 0. The van der Waals surface area contributed by atoms with Crippen molar-refractivity contribution >= 4 is 17.6 Å². The van der Waals surface area contributed by atoms with Crippen molar-refractivity contribution in [1.29, 1.82) is 0 Å². The molecule has 6 nitrogen and oxygen atoms in total. The van der Waals surface area contributed by atoms with Crippen LogP contribution in [0.15, 0.2) is 12.4 Å². The molecule has 0 radical (unpaired) electrons. The van der Waals surface area contributed by atoms with Gasteiger partial charge in [0, 0.05) is 17.6 Å². The van der Waals surface area contributed by atoms with Gasteiger partial charge in [0.15, 0.2) is 0 Å². The molecule has 0 fully saturated rings. The molecule has 0 saturated carbocycles. The van der Waals surface area contributed by atoms with Crippen molar-refractivity contribution in [2.45, 2.75) is 45.7 Å². The lowest BCUT2D eigenvalue weighted by Crippen LogP contribution is -2.27. The molecule has 1 aromatic heterocycles. The van der Waals surface area contributed by atoms with E-state index in [1.807, 2.05) is 20.8 Å². The van der Waals surface area contributed by atoms with Crippen molar-refractivity contribution in [1.82, 2.24) is 9.97 Å². The number of nitrogens with one attached hydrogen (secondary N) is 2. The van der Waals surface area contributed by atoms with Crippen LogP contribution >= 0.6 is 0 Å². The summed E-state index contributed by atoms with van der Waals surface area (Å²) in [7, 11) is 0. The highest BCUT2D eigenvalue weighted by Crippen LogP contribution is 2.15. The minimum atomic E-state index is -0.836. The zero-order chi connectivity index (χ0) is 13.8. The van der Waals surface area contributed by atoms with Crippen LogP contribution in [-0.2, 0) is 4.79 Å². The summed E-state index contributed by atoms with van der Waals surface area (Å²) in [5, 5.41) is 14.9. The molecule has 6 heteroatoms. The molecule has 1 heterocycles. The Balaban J connectivity index is 2.67.